The summed E-state index contributed by atoms with van der Waals surface area (Å²) in [5.74, 6) is 6.17. The van der Waals surface area contributed by atoms with Crippen molar-refractivity contribution in [1.82, 2.24) is 15.2 Å². The molecular weight excluding hydrogens is 296 g/mol. The molecule has 3 atom stereocenters. The number of halogens is 1. The van der Waals surface area contributed by atoms with E-state index in [1.165, 1.54) is 5.69 Å². The Morgan fingerprint density at radius 1 is 1.67 bits per heavy atom. The quantitative estimate of drug-likeness (QED) is 0.649. The summed E-state index contributed by atoms with van der Waals surface area (Å²) in [5, 5.41) is 4.41. The number of nitrogens with zero attached hydrogens (tertiary/aromatic N) is 2. The first-order valence-electron chi connectivity index (χ1n) is 6.30. The van der Waals surface area contributed by atoms with Crippen LogP contribution in [-0.4, -0.2) is 28.5 Å². The Morgan fingerprint density at radius 3 is 2.83 bits per heavy atom. The number of aromatic nitrogens is 2. The molecule has 0 saturated carbocycles. The average Bonchev–Trinajstić information content (AvgIpc) is 2.84. The van der Waals surface area contributed by atoms with Crippen LogP contribution in [0.15, 0.2) is 4.47 Å². The van der Waals surface area contributed by atoms with Gasteiger partial charge in [0.25, 0.3) is 0 Å². The lowest BCUT2D eigenvalue weighted by Gasteiger charge is -2.25. The van der Waals surface area contributed by atoms with E-state index in [1.54, 1.807) is 0 Å². The Bertz CT molecular complexity index is 420. The third kappa shape index (κ3) is 2.61. The van der Waals surface area contributed by atoms with Gasteiger partial charge in [-0.25, -0.2) is 0 Å². The maximum absolute atomic E-state index is 5.72. The van der Waals surface area contributed by atoms with E-state index in [2.05, 4.69) is 33.4 Å². The molecule has 1 aromatic rings. The summed E-state index contributed by atoms with van der Waals surface area (Å²) >= 11 is 3.60. The molecule has 0 amide bonds. The van der Waals surface area contributed by atoms with E-state index in [9.17, 15) is 0 Å². The van der Waals surface area contributed by atoms with E-state index >= 15 is 0 Å². The van der Waals surface area contributed by atoms with Crippen LogP contribution in [0.1, 0.15) is 24.7 Å². The van der Waals surface area contributed by atoms with Gasteiger partial charge in [-0.3, -0.25) is 16.0 Å². The van der Waals surface area contributed by atoms with Gasteiger partial charge in [-0.1, -0.05) is 0 Å². The molecule has 0 radical (unpaired) electrons. The van der Waals surface area contributed by atoms with Gasteiger partial charge in [-0.2, -0.15) is 5.10 Å². The van der Waals surface area contributed by atoms with Crippen molar-refractivity contribution in [2.24, 2.45) is 18.8 Å². The molecule has 1 saturated heterocycles. The lowest BCUT2D eigenvalue weighted by molar-refractivity contribution is 0.0951. The first kappa shape index (κ1) is 14.0. The van der Waals surface area contributed by atoms with E-state index < -0.39 is 0 Å². The van der Waals surface area contributed by atoms with Gasteiger partial charge < -0.3 is 4.74 Å². The second-order valence-corrected chi connectivity index (χ2v) is 5.77. The van der Waals surface area contributed by atoms with Crippen molar-refractivity contribution in [3.05, 3.63) is 15.9 Å². The number of nitrogens with one attached hydrogen (secondary N) is 1. The van der Waals surface area contributed by atoms with Crippen LogP contribution in [0.4, 0.5) is 0 Å². The van der Waals surface area contributed by atoms with E-state index in [1.807, 2.05) is 18.7 Å². The second-order valence-electron chi connectivity index (χ2n) is 4.98. The van der Waals surface area contributed by atoms with E-state index in [0.29, 0.717) is 5.92 Å². The molecule has 1 aromatic heterocycles. The predicted molar refractivity (Wildman–Crippen MR) is 74.0 cm³/mol. The molecule has 6 heteroatoms. The van der Waals surface area contributed by atoms with Gasteiger partial charge in [0.15, 0.2) is 0 Å². The largest absolute Gasteiger partial charge is 0.378 e. The molecule has 3 unspecified atom stereocenters. The lowest BCUT2D eigenvalue weighted by Crippen LogP contribution is -2.45. The number of nitrogens with two attached hydrogens (primary N) is 1. The van der Waals surface area contributed by atoms with E-state index in [-0.39, 0.29) is 12.1 Å². The number of hydrogen-bond acceptors (Lipinski definition) is 4. The Morgan fingerprint density at radius 2 is 2.39 bits per heavy atom. The molecule has 0 aliphatic carbocycles. The average molecular weight is 317 g/mol. The molecular formula is C12H21BrN4O. The molecule has 2 heterocycles. The number of ether oxygens (including phenoxy) is 1. The Kier molecular flexibility index (Phi) is 4.42. The normalized spacial score (nSPS) is 25.6. The van der Waals surface area contributed by atoms with Gasteiger partial charge in [0.2, 0.25) is 0 Å². The highest BCUT2D eigenvalue weighted by atomic mass is 79.9. The van der Waals surface area contributed by atoms with Crippen LogP contribution in [0.25, 0.3) is 0 Å². The van der Waals surface area contributed by atoms with Crippen molar-refractivity contribution in [1.29, 1.82) is 0 Å². The molecule has 0 aromatic carbocycles. The molecule has 2 rings (SSSR count). The van der Waals surface area contributed by atoms with E-state index in [0.717, 1.165) is 29.6 Å². The van der Waals surface area contributed by atoms with Crippen molar-refractivity contribution in [3.8, 4) is 0 Å². The smallest absolute Gasteiger partial charge is 0.0738 e. The van der Waals surface area contributed by atoms with Gasteiger partial charge in [-0.05, 0) is 36.2 Å². The van der Waals surface area contributed by atoms with Crippen molar-refractivity contribution >= 4 is 15.9 Å². The molecule has 3 N–H and O–H groups in total. The zero-order chi connectivity index (χ0) is 13.3. The molecule has 1 fully saturated rings. The number of hydrogen-bond donors (Lipinski definition) is 2. The predicted octanol–water partition coefficient (Wildman–Crippen LogP) is 1.29. The minimum absolute atomic E-state index is 0.216. The zero-order valence-corrected chi connectivity index (χ0v) is 12.7. The van der Waals surface area contributed by atoms with Gasteiger partial charge in [0, 0.05) is 32.0 Å². The van der Waals surface area contributed by atoms with Crippen LogP contribution in [0.2, 0.25) is 0 Å². The summed E-state index contributed by atoms with van der Waals surface area (Å²) in [5.41, 5.74) is 5.13. The third-order valence-corrected chi connectivity index (χ3v) is 4.87. The van der Waals surface area contributed by atoms with Crippen LogP contribution in [0.3, 0.4) is 0 Å². The van der Waals surface area contributed by atoms with Crippen molar-refractivity contribution in [2.75, 3.05) is 6.61 Å². The minimum atomic E-state index is 0.216. The first-order valence-corrected chi connectivity index (χ1v) is 7.09. The Labute approximate surface area is 116 Å². The SMILES string of the molecule is Cc1nn(C)c(CC(NN)C2CCOC2C)c1Br. The van der Waals surface area contributed by atoms with E-state index in [4.69, 9.17) is 10.6 Å². The molecule has 5 nitrogen and oxygen atoms in total. The fourth-order valence-corrected chi connectivity index (χ4v) is 3.22. The van der Waals surface area contributed by atoms with Crippen LogP contribution in [0.5, 0.6) is 0 Å². The summed E-state index contributed by atoms with van der Waals surface area (Å²) in [6.45, 7) is 4.95. The van der Waals surface area contributed by atoms with Gasteiger partial charge in [0.05, 0.1) is 22.0 Å². The second kappa shape index (κ2) is 5.69. The third-order valence-electron chi connectivity index (χ3n) is 3.84. The summed E-state index contributed by atoms with van der Waals surface area (Å²) in [6.07, 6.45) is 2.18. The number of hydrazine groups is 1. The van der Waals surface area contributed by atoms with Crippen LogP contribution >= 0.6 is 15.9 Å². The number of rotatable bonds is 4. The van der Waals surface area contributed by atoms with Crippen molar-refractivity contribution in [3.63, 3.8) is 0 Å². The Hall–Kier alpha value is -0.430. The van der Waals surface area contributed by atoms with Gasteiger partial charge in [-0.15, -0.1) is 0 Å². The molecule has 0 spiro atoms. The topological polar surface area (TPSA) is 65.1 Å². The highest BCUT2D eigenvalue weighted by molar-refractivity contribution is 9.10. The minimum Gasteiger partial charge on any atom is -0.378 e. The number of aryl methyl sites for hydroxylation is 2. The highest BCUT2D eigenvalue weighted by Crippen LogP contribution is 2.28. The van der Waals surface area contributed by atoms with Crippen LogP contribution < -0.4 is 11.3 Å². The van der Waals surface area contributed by atoms with Crippen molar-refractivity contribution in [2.45, 2.75) is 38.8 Å². The maximum Gasteiger partial charge on any atom is 0.0738 e. The van der Waals surface area contributed by atoms with Gasteiger partial charge >= 0.3 is 0 Å². The molecule has 0 bridgehead atoms. The summed E-state index contributed by atoms with van der Waals surface area (Å²) in [4.78, 5) is 0. The maximum atomic E-state index is 5.72. The molecule has 1 aliphatic heterocycles. The Balaban J connectivity index is 2.15. The first-order chi connectivity index (χ1) is 8.54. The monoisotopic (exact) mass is 316 g/mol. The highest BCUT2D eigenvalue weighted by Gasteiger charge is 2.32. The zero-order valence-electron chi connectivity index (χ0n) is 11.1. The van der Waals surface area contributed by atoms with Crippen LogP contribution in [-0.2, 0) is 18.2 Å². The summed E-state index contributed by atoms with van der Waals surface area (Å²) in [6, 6.07) is 0.216. The standard InChI is InChI=1S/C12H21BrN4O/c1-7-12(13)11(17(3)16-7)6-10(15-14)9-4-5-18-8(9)2/h8-10,15H,4-6,14H2,1-3H3. The fourth-order valence-electron chi connectivity index (χ4n) is 2.72. The molecule has 102 valence electrons. The van der Waals surface area contributed by atoms with Crippen molar-refractivity contribution < 1.29 is 4.74 Å². The fraction of sp³-hybridized carbons (Fsp3) is 0.750. The summed E-state index contributed by atoms with van der Waals surface area (Å²) in [7, 11) is 1.97. The lowest BCUT2D eigenvalue weighted by atomic mass is 9.90. The van der Waals surface area contributed by atoms with Gasteiger partial charge in [0.1, 0.15) is 0 Å². The summed E-state index contributed by atoms with van der Waals surface area (Å²) < 4.78 is 8.62. The molecule has 1 aliphatic rings. The molecule has 18 heavy (non-hydrogen) atoms. The van der Waals surface area contributed by atoms with Crippen LogP contribution in [0, 0.1) is 12.8 Å².